The first kappa shape index (κ1) is 11.9. The molecule has 0 atom stereocenters. The van der Waals surface area contributed by atoms with E-state index in [-0.39, 0.29) is 11.0 Å². The van der Waals surface area contributed by atoms with Gasteiger partial charge in [-0.3, -0.25) is 4.79 Å². The molecule has 2 rings (SSSR count). The van der Waals surface area contributed by atoms with Gasteiger partial charge in [0.15, 0.2) is 0 Å². The van der Waals surface area contributed by atoms with Gasteiger partial charge in [0, 0.05) is 0 Å². The first-order valence-electron chi connectivity index (χ1n) is 5.59. The van der Waals surface area contributed by atoms with Gasteiger partial charge < -0.3 is 4.48 Å². The number of hydrogen-bond donors (Lipinski definition) is 0. The molecule has 0 aliphatic carbocycles. The van der Waals surface area contributed by atoms with Crippen LogP contribution in [0.25, 0.3) is 10.9 Å². The minimum Gasteiger partial charge on any atom is -0.354 e. The molecule has 2 radical (unpaired) electrons. The predicted octanol–water partition coefficient (Wildman–Crippen LogP) is 1.93. The highest BCUT2D eigenvalue weighted by atomic mass is 16.1. The molecule has 0 unspecified atom stereocenters. The molecule has 4 heteroatoms. The standard InChI is InChI=1S/C13H15BN2O/c1-8-15-11-6-5-9(13(2,3)4)7-10(11)12(17)16(8)14/h5-7H,1-4H3. The van der Waals surface area contributed by atoms with Crippen molar-refractivity contribution in [3.05, 3.63) is 39.9 Å². The fraction of sp³-hybridized carbons (Fsp3) is 0.385. The van der Waals surface area contributed by atoms with Crippen LogP contribution in [0.3, 0.4) is 0 Å². The van der Waals surface area contributed by atoms with Crippen molar-refractivity contribution in [1.29, 1.82) is 0 Å². The molecule has 1 heterocycles. The second-order valence-electron chi connectivity index (χ2n) is 5.32. The Balaban J connectivity index is 2.83. The molecular formula is C13H15BN2O. The highest BCUT2D eigenvalue weighted by Gasteiger charge is 2.15. The van der Waals surface area contributed by atoms with Crippen LogP contribution in [0.1, 0.15) is 32.2 Å². The van der Waals surface area contributed by atoms with Crippen molar-refractivity contribution < 1.29 is 0 Å². The quantitative estimate of drug-likeness (QED) is 0.643. The van der Waals surface area contributed by atoms with Crippen molar-refractivity contribution in [2.75, 3.05) is 0 Å². The van der Waals surface area contributed by atoms with E-state index in [9.17, 15) is 4.79 Å². The molecule has 0 saturated heterocycles. The Morgan fingerprint density at radius 3 is 2.53 bits per heavy atom. The average molecular weight is 226 g/mol. The Morgan fingerprint density at radius 2 is 1.94 bits per heavy atom. The number of benzene rings is 1. The summed E-state index contributed by atoms with van der Waals surface area (Å²) >= 11 is 0. The van der Waals surface area contributed by atoms with Crippen LogP contribution in [0, 0.1) is 6.92 Å². The SMILES string of the molecule is [B]n1c(C)nc2ccc(C(C)(C)C)cc2c1=O. The summed E-state index contributed by atoms with van der Waals surface area (Å²) < 4.78 is 1.09. The van der Waals surface area contributed by atoms with E-state index in [0.29, 0.717) is 16.7 Å². The normalized spacial score (nSPS) is 12.0. The van der Waals surface area contributed by atoms with Crippen molar-refractivity contribution in [2.45, 2.75) is 33.1 Å². The number of aryl methyl sites for hydroxylation is 1. The van der Waals surface area contributed by atoms with Gasteiger partial charge in [0.2, 0.25) is 13.5 Å². The fourth-order valence-corrected chi connectivity index (χ4v) is 1.78. The minimum absolute atomic E-state index is 0.00491. The molecule has 0 fully saturated rings. The van der Waals surface area contributed by atoms with Crippen LogP contribution in [0.5, 0.6) is 0 Å². The number of rotatable bonds is 0. The molecule has 86 valence electrons. The van der Waals surface area contributed by atoms with E-state index in [1.165, 1.54) is 0 Å². The Bertz CT molecular complexity index is 638. The van der Waals surface area contributed by atoms with E-state index >= 15 is 0 Å². The van der Waals surface area contributed by atoms with E-state index < -0.39 is 0 Å². The van der Waals surface area contributed by atoms with Gasteiger partial charge >= 0.3 is 0 Å². The third-order valence-corrected chi connectivity index (χ3v) is 2.94. The zero-order chi connectivity index (χ0) is 12.8. The van der Waals surface area contributed by atoms with Crippen molar-refractivity contribution in [1.82, 2.24) is 9.46 Å². The Kier molecular flexibility index (Phi) is 2.61. The Labute approximate surface area is 102 Å². The lowest BCUT2D eigenvalue weighted by Gasteiger charge is -2.19. The van der Waals surface area contributed by atoms with Crippen LogP contribution < -0.4 is 5.56 Å². The van der Waals surface area contributed by atoms with Crippen LogP contribution >= 0.6 is 0 Å². The fourth-order valence-electron chi connectivity index (χ4n) is 1.78. The first-order chi connectivity index (χ1) is 7.80. The summed E-state index contributed by atoms with van der Waals surface area (Å²) in [4.78, 5) is 16.3. The second kappa shape index (κ2) is 3.72. The Hall–Kier alpha value is -1.58. The van der Waals surface area contributed by atoms with E-state index in [0.717, 1.165) is 10.0 Å². The minimum atomic E-state index is -0.196. The first-order valence-corrected chi connectivity index (χ1v) is 5.59. The Morgan fingerprint density at radius 1 is 1.29 bits per heavy atom. The monoisotopic (exact) mass is 226 g/mol. The molecule has 0 spiro atoms. The van der Waals surface area contributed by atoms with E-state index in [1.807, 2.05) is 18.2 Å². The maximum atomic E-state index is 12.0. The molecule has 0 aliphatic heterocycles. The lowest BCUT2D eigenvalue weighted by Crippen LogP contribution is -2.23. The molecule has 0 N–H and O–H groups in total. The van der Waals surface area contributed by atoms with E-state index in [4.69, 9.17) is 7.98 Å². The van der Waals surface area contributed by atoms with E-state index in [1.54, 1.807) is 6.92 Å². The summed E-state index contributed by atoms with van der Waals surface area (Å²) in [5.74, 6) is 0.519. The van der Waals surface area contributed by atoms with Crippen LogP contribution in [0.4, 0.5) is 0 Å². The van der Waals surface area contributed by atoms with Gasteiger partial charge in [0.25, 0.3) is 0 Å². The third kappa shape index (κ3) is 1.99. The highest BCUT2D eigenvalue weighted by Crippen LogP contribution is 2.24. The summed E-state index contributed by atoms with van der Waals surface area (Å²) in [7, 11) is 5.65. The second-order valence-corrected chi connectivity index (χ2v) is 5.32. The van der Waals surface area contributed by atoms with Gasteiger partial charge in [-0.15, -0.1) is 0 Å². The number of nitrogens with zero attached hydrogens (tertiary/aromatic N) is 2. The molecule has 1 aromatic carbocycles. The van der Waals surface area contributed by atoms with Crippen molar-refractivity contribution >= 4 is 18.9 Å². The summed E-state index contributed by atoms with van der Waals surface area (Å²) in [6.07, 6.45) is 0. The number of hydrogen-bond acceptors (Lipinski definition) is 2. The van der Waals surface area contributed by atoms with Crippen LogP contribution in [-0.4, -0.2) is 17.4 Å². The number of aromatic nitrogens is 2. The molecular weight excluding hydrogens is 211 g/mol. The topological polar surface area (TPSA) is 34.9 Å². The van der Waals surface area contributed by atoms with Gasteiger partial charge in [-0.05, 0) is 30.0 Å². The van der Waals surface area contributed by atoms with Crippen LogP contribution in [-0.2, 0) is 5.41 Å². The lowest BCUT2D eigenvalue weighted by atomic mass is 9.86. The van der Waals surface area contributed by atoms with Crippen LogP contribution in [0.15, 0.2) is 23.0 Å². The molecule has 0 saturated carbocycles. The molecule has 3 nitrogen and oxygen atoms in total. The van der Waals surface area contributed by atoms with Gasteiger partial charge in [0.1, 0.15) is 0 Å². The molecule has 2 aromatic rings. The summed E-state index contributed by atoms with van der Waals surface area (Å²) in [5, 5.41) is 0.575. The van der Waals surface area contributed by atoms with Crippen molar-refractivity contribution in [3.8, 4) is 0 Å². The predicted molar refractivity (Wildman–Crippen MR) is 70.6 cm³/mol. The largest absolute Gasteiger partial charge is 0.354 e. The summed E-state index contributed by atoms with van der Waals surface area (Å²) in [5.41, 5.74) is 1.61. The molecule has 0 aliphatic rings. The molecule has 17 heavy (non-hydrogen) atoms. The van der Waals surface area contributed by atoms with Crippen LogP contribution in [0.2, 0.25) is 0 Å². The van der Waals surface area contributed by atoms with Gasteiger partial charge in [-0.2, -0.15) is 0 Å². The number of fused-ring (bicyclic) bond motifs is 1. The summed E-state index contributed by atoms with van der Waals surface area (Å²) in [6, 6.07) is 5.77. The highest BCUT2D eigenvalue weighted by molar-refractivity contribution is 6.07. The van der Waals surface area contributed by atoms with E-state index in [2.05, 4.69) is 25.8 Å². The zero-order valence-electron chi connectivity index (χ0n) is 10.6. The van der Waals surface area contributed by atoms with Crippen molar-refractivity contribution in [3.63, 3.8) is 0 Å². The smallest absolute Gasteiger partial charge is 0.248 e. The average Bonchev–Trinajstić information content (AvgIpc) is 2.24. The molecule has 1 aromatic heterocycles. The maximum absolute atomic E-state index is 12.0. The summed E-state index contributed by atoms with van der Waals surface area (Å²) in [6.45, 7) is 8.04. The lowest BCUT2D eigenvalue weighted by molar-refractivity contribution is 0.591. The zero-order valence-corrected chi connectivity index (χ0v) is 10.6. The van der Waals surface area contributed by atoms with Gasteiger partial charge in [-0.1, -0.05) is 26.8 Å². The maximum Gasteiger partial charge on any atom is 0.248 e. The molecule has 0 bridgehead atoms. The van der Waals surface area contributed by atoms with Gasteiger partial charge in [-0.25, -0.2) is 4.98 Å². The van der Waals surface area contributed by atoms with Crippen molar-refractivity contribution in [2.24, 2.45) is 0 Å². The van der Waals surface area contributed by atoms with Gasteiger partial charge in [0.05, 0.1) is 16.7 Å². The molecule has 0 amide bonds. The third-order valence-electron chi connectivity index (χ3n) is 2.94.